The Balaban J connectivity index is 0.00000645. The number of aromatic nitrogens is 2. The maximum atomic E-state index is 8.84. The van der Waals surface area contributed by atoms with E-state index >= 15 is 0 Å². The fraction of sp³-hybridized carbons (Fsp3) is 0.130. The molecule has 0 saturated carbocycles. The summed E-state index contributed by atoms with van der Waals surface area (Å²) in [5.74, 6) is 1.43. The predicted octanol–water partition coefficient (Wildman–Crippen LogP) is 18.5. The van der Waals surface area contributed by atoms with E-state index in [1.54, 1.807) is 12.3 Å². The van der Waals surface area contributed by atoms with Gasteiger partial charge in [-0.25, -0.2) is 4.98 Å². The van der Waals surface area contributed by atoms with Gasteiger partial charge in [-0.3, -0.25) is 0 Å². The zero-order valence-corrected chi connectivity index (χ0v) is 45.1. The Morgan fingerprint density at radius 2 is 1.05 bits per heavy atom. The zero-order chi connectivity index (χ0) is 53.2. The van der Waals surface area contributed by atoms with E-state index in [0.29, 0.717) is 28.4 Å². The number of nitrogens with zero attached hydrogens (tertiary/aromatic N) is 4. The molecule has 0 bridgehead atoms. The zero-order valence-electron chi connectivity index (χ0n) is 45.8. The molecule has 2 aromatic heterocycles. The van der Waals surface area contributed by atoms with Gasteiger partial charge < -0.3 is 19.1 Å². The molecule has 75 heavy (non-hydrogen) atoms. The number of pyridine rings is 1. The first-order valence-electron chi connectivity index (χ1n) is 26.8. The standard InChI is InChI=1S/C69H57N4O.Pt/c1-46-40-65(70-44-60(46)50-34-38-52(39-35-50)69(5,6)7)73-61-29-15-14-26-58(61)66-59(49-32-36-51(37-33-49)68(2,3)4)42-55(43-64(66)73)74-54-25-18-24-53(41-54)71-45-72(63-31-17-16-30-62(63)71)67-56(47-20-10-8-11-21-47)27-19-28-57(67)48-22-12-9-13-23-48;/h8-40,42,44-45H,1-7H3;/q-3;/i1D3;. The van der Waals surface area contributed by atoms with Crippen molar-refractivity contribution in [1.82, 2.24) is 9.55 Å². The SMILES string of the molecule is [2H]C([2H])([2H])c1cc(-n2c3[c-]c(Oc4[c-]c(N5[CH-]N(c6c(-c7ccccc7)cccc6-c6ccccc6)c6ccccc65)ccc4)cc(-c4ccc(C(C)(C)C)cc4)c3c3ccccc32)ncc1-c1ccc(C(C)(C)C)cc1.[Pt]. The Morgan fingerprint density at radius 3 is 1.67 bits per heavy atom. The van der Waals surface area contributed by atoms with Gasteiger partial charge in [0.1, 0.15) is 5.82 Å². The van der Waals surface area contributed by atoms with Crippen molar-refractivity contribution in [2.24, 2.45) is 0 Å². The maximum absolute atomic E-state index is 8.84. The average Bonchev–Trinajstić information content (AvgIpc) is 4.14. The van der Waals surface area contributed by atoms with Crippen LogP contribution < -0.4 is 14.5 Å². The number of anilines is 4. The van der Waals surface area contributed by atoms with Crippen molar-refractivity contribution >= 4 is 44.6 Å². The molecule has 11 aromatic rings. The van der Waals surface area contributed by atoms with E-state index in [1.165, 1.54) is 5.56 Å². The van der Waals surface area contributed by atoms with Crippen LogP contribution in [0, 0.1) is 25.7 Å². The Kier molecular flexibility index (Phi) is 12.0. The van der Waals surface area contributed by atoms with Gasteiger partial charge in [0.15, 0.2) is 0 Å². The number of fused-ring (bicyclic) bond motifs is 4. The summed E-state index contributed by atoms with van der Waals surface area (Å²) in [5, 5.41) is 1.92. The molecule has 0 N–H and O–H groups in total. The van der Waals surface area contributed by atoms with E-state index in [4.69, 9.17) is 13.8 Å². The largest absolute Gasteiger partial charge is 0.509 e. The van der Waals surface area contributed by atoms with Crippen LogP contribution >= 0.6 is 0 Å². The quantitative estimate of drug-likeness (QED) is 0.135. The van der Waals surface area contributed by atoms with Crippen LogP contribution in [0.25, 0.3) is 72.1 Å². The summed E-state index contributed by atoms with van der Waals surface area (Å²) >= 11 is 0. The molecule has 0 amide bonds. The van der Waals surface area contributed by atoms with Gasteiger partial charge >= 0.3 is 0 Å². The van der Waals surface area contributed by atoms with E-state index < -0.39 is 6.85 Å². The molecule has 1 aliphatic heterocycles. The molecule has 0 spiro atoms. The van der Waals surface area contributed by atoms with Crippen LogP contribution in [0.4, 0.5) is 22.7 Å². The van der Waals surface area contributed by atoms with Crippen LogP contribution in [-0.2, 0) is 31.9 Å². The van der Waals surface area contributed by atoms with E-state index in [1.807, 2.05) is 41.0 Å². The first kappa shape index (κ1) is 45.6. The molecule has 5 nitrogen and oxygen atoms in total. The molecule has 0 atom stereocenters. The Morgan fingerprint density at radius 1 is 0.507 bits per heavy atom. The van der Waals surface area contributed by atoms with Gasteiger partial charge in [-0.15, -0.1) is 48.3 Å². The van der Waals surface area contributed by atoms with Crippen molar-refractivity contribution < 1.29 is 29.9 Å². The third kappa shape index (κ3) is 9.25. The van der Waals surface area contributed by atoms with Crippen molar-refractivity contribution in [3.05, 3.63) is 248 Å². The van der Waals surface area contributed by atoms with Gasteiger partial charge in [0.25, 0.3) is 0 Å². The fourth-order valence-corrected chi connectivity index (χ4v) is 10.3. The molecular formula is C69H57N4OPt-3. The van der Waals surface area contributed by atoms with Crippen LogP contribution in [0.2, 0.25) is 0 Å². The monoisotopic (exact) mass is 1160 g/mol. The minimum Gasteiger partial charge on any atom is -0.509 e. The van der Waals surface area contributed by atoms with Crippen molar-refractivity contribution in [3.8, 4) is 61.8 Å². The van der Waals surface area contributed by atoms with Crippen LogP contribution in [-0.4, -0.2) is 9.55 Å². The molecule has 9 aromatic carbocycles. The summed E-state index contributed by atoms with van der Waals surface area (Å²) in [6, 6.07) is 78.2. The number of hydrogen-bond donors (Lipinski definition) is 0. The molecular weight excluding hydrogens is 1100 g/mol. The summed E-state index contributed by atoms with van der Waals surface area (Å²) < 4.78 is 35.5. The number of hydrogen-bond acceptors (Lipinski definition) is 4. The topological polar surface area (TPSA) is 33.5 Å². The third-order valence-electron chi connectivity index (χ3n) is 14.2. The molecule has 0 aliphatic carbocycles. The summed E-state index contributed by atoms with van der Waals surface area (Å²) in [4.78, 5) is 9.54. The number of rotatable bonds is 9. The smallest absolute Gasteiger partial charge is 0.135 e. The second-order valence-electron chi connectivity index (χ2n) is 21.1. The molecule has 0 radical (unpaired) electrons. The number of ether oxygens (including phenoxy) is 1. The minimum atomic E-state index is -2.44. The van der Waals surface area contributed by atoms with Gasteiger partial charge in [0.05, 0.1) is 0 Å². The van der Waals surface area contributed by atoms with Gasteiger partial charge in [-0.05, 0) is 86.3 Å². The molecule has 1 aliphatic rings. The molecule has 372 valence electrons. The second-order valence-corrected chi connectivity index (χ2v) is 21.1. The molecule has 6 heteroatoms. The Labute approximate surface area is 460 Å². The molecule has 0 fully saturated rings. The Hall–Kier alpha value is -7.98. The first-order chi connectivity index (χ1) is 37.1. The number of para-hydroxylation sites is 4. The number of benzene rings is 9. The van der Waals surface area contributed by atoms with Crippen LogP contribution in [0.15, 0.2) is 212 Å². The minimum absolute atomic E-state index is 0. The van der Waals surface area contributed by atoms with Gasteiger partial charge in [-0.2, -0.15) is 6.07 Å². The fourth-order valence-electron chi connectivity index (χ4n) is 10.3. The first-order valence-corrected chi connectivity index (χ1v) is 25.3. The predicted molar refractivity (Wildman–Crippen MR) is 308 cm³/mol. The molecule has 0 saturated heterocycles. The van der Waals surface area contributed by atoms with E-state index in [9.17, 15) is 0 Å². The summed E-state index contributed by atoms with van der Waals surface area (Å²) in [6.07, 6.45) is 1.70. The summed E-state index contributed by atoms with van der Waals surface area (Å²) in [5.41, 5.74) is 15.7. The Bertz CT molecular complexity index is 3930. The normalized spacial score (nSPS) is 13.3. The summed E-state index contributed by atoms with van der Waals surface area (Å²) in [6.45, 7) is 12.9. The van der Waals surface area contributed by atoms with Crippen molar-refractivity contribution in [2.45, 2.75) is 59.2 Å². The van der Waals surface area contributed by atoms with E-state index in [2.05, 4.69) is 234 Å². The average molecular weight is 1160 g/mol. The van der Waals surface area contributed by atoms with E-state index in [0.717, 1.165) is 83.5 Å². The maximum Gasteiger partial charge on any atom is 0.135 e. The van der Waals surface area contributed by atoms with Crippen LogP contribution in [0.3, 0.4) is 0 Å². The third-order valence-corrected chi connectivity index (χ3v) is 14.2. The molecule has 3 heterocycles. The van der Waals surface area contributed by atoms with E-state index in [-0.39, 0.29) is 37.5 Å². The van der Waals surface area contributed by atoms with Gasteiger partial charge in [0, 0.05) is 82.1 Å². The van der Waals surface area contributed by atoms with Crippen molar-refractivity contribution in [3.63, 3.8) is 0 Å². The van der Waals surface area contributed by atoms with Crippen LogP contribution in [0.5, 0.6) is 11.5 Å². The van der Waals surface area contributed by atoms with Crippen molar-refractivity contribution in [1.29, 1.82) is 0 Å². The summed E-state index contributed by atoms with van der Waals surface area (Å²) in [7, 11) is 0. The number of aryl methyl sites for hydroxylation is 1. The second kappa shape index (κ2) is 19.7. The van der Waals surface area contributed by atoms with Crippen molar-refractivity contribution in [2.75, 3.05) is 9.80 Å². The van der Waals surface area contributed by atoms with Crippen LogP contribution in [0.1, 0.15) is 62.3 Å². The molecule has 12 rings (SSSR count). The van der Waals surface area contributed by atoms with Gasteiger partial charge in [-0.1, -0.05) is 210 Å². The molecule has 0 unspecified atom stereocenters. The van der Waals surface area contributed by atoms with Gasteiger partial charge in [0.2, 0.25) is 0 Å².